The normalized spacial score (nSPS) is 10.1. The van der Waals surface area contributed by atoms with E-state index in [0.717, 1.165) is 0 Å². The molecule has 0 N–H and O–H groups in total. The van der Waals surface area contributed by atoms with E-state index in [1.807, 2.05) is 0 Å². The zero-order chi connectivity index (χ0) is 11.6. The van der Waals surface area contributed by atoms with Crippen molar-refractivity contribution in [2.45, 2.75) is 6.43 Å². The highest BCUT2D eigenvalue weighted by Gasteiger charge is 2.21. The maximum Gasteiger partial charge on any atom is 0.280 e. The quantitative estimate of drug-likeness (QED) is 0.739. The van der Waals surface area contributed by atoms with Crippen LogP contribution in [0.15, 0.2) is 6.07 Å². The summed E-state index contributed by atoms with van der Waals surface area (Å²) >= 11 is 4.97. The molecule has 0 spiro atoms. The molecule has 1 heterocycles. The molecule has 7 heteroatoms. The summed E-state index contributed by atoms with van der Waals surface area (Å²) in [6.07, 6.45) is -3.02. The molecule has 0 amide bonds. The van der Waals surface area contributed by atoms with Crippen molar-refractivity contribution in [3.63, 3.8) is 0 Å². The molecular formula is C8H2ClF3N2O. The van der Waals surface area contributed by atoms with Crippen LogP contribution in [0, 0.1) is 17.1 Å². The van der Waals surface area contributed by atoms with Gasteiger partial charge in [0.25, 0.3) is 11.7 Å². The summed E-state index contributed by atoms with van der Waals surface area (Å²) in [6.45, 7) is 0. The minimum absolute atomic E-state index is 0.376. The highest BCUT2D eigenvalue weighted by molar-refractivity contribution is 6.68. The average Bonchev–Trinajstić information content (AvgIpc) is 2.15. The molecule has 1 rings (SSSR count). The van der Waals surface area contributed by atoms with Crippen LogP contribution in [0.1, 0.15) is 28.2 Å². The van der Waals surface area contributed by atoms with Crippen LogP contribution >= 0.6 is 11.6 Å². The number of rotatable bonds is 2. The SMILES string of the molecule is N#Cc1nc(C(F)F)cc(F)c1C(=O)Cl. The lowest BCUT2D eigenvalue weighted by molar-refractivity contribution is 0.107. The first kappa shape index (κ1) is 11.5. The molecule has 0 fully saturated rings. The third kappa shape index (κ3) is 2.25. The number of carbonyl (C=O) groups excluding carboxylic acids is 1. The van der Waals surface area contributed by atoms with Crippen molar-refractivity contribution in [1.82, 2.24) is 4.98 Å². The van der Waals surface area contributed by atoms with Crippen molar-refractivity contribution in [2.24, 2.45) is 0 Å². The summed E-state index contributed by atoms with van der Waals surface area (Å²) in [5.41, 5.74) is -2.44. The van der Waals surface area contributed by atoms with Crippen LogP contribution in [-0.4, -0.2) is 10.2 Å². The zero-order valence-electron chi connectivity index (χ0n) is 6.97. The molecule has 0 atom stereocenters. The van der Waals surface area contributed by atoms with Crippen LogP contribution in [-0.2, 0) is 0 Å². The standard InChI is InChI=1S/C8H2ClF3N2O/c9-7(15)6-3(10)1-4(8(11)12)14-5(6)2-13/h1,8H. The smallest absolute Gasteiger partial charge is 0.275 e. The number of aromatic nitrogens is 1. The van der Waals surface area contributed by atoms with Gasteiger partial charge in [0.1, 0.15) is 23.1 Å². The van der Waals surface area contributed by atoms with E-state index in [9.17, 15) is 18.0 Å². The van der Waals surface area contributed by atoms with Crippen LogP contribution in [0.2, 0.25) is 0 Å². The Bertz CT molecular complexity index is 456. The van der Waals surface area contributed by atoms with Crippen LogP contribution in [0.25, 0.3) is 0 Å². The first-order valence-corrected chi connectivity index (χ1v) is 3.93. The highest BCUT2D eigenvalue weighted by Crippen LogP contribution is 2.21. The minimum Gasteiger partial charge on any atom is -0.275 e. The Morgan fingerprint density at radius 1 is 1.60 bits per heavy atom. The number of nitrogens with zero attached hydrogens (tertiary/aromatic N) is 2. The number of pyridine rings is 1. The van der Waals surface area contributed by atoms with E-state index in [2.05, 4.69) is 4.98 Å². The van der Waals surface area contributed by atoms with Gasteiger partial charge in [0.05, 0.1) is 0 Å². The van der Waals surface area contributed by atoms with Crippen LogP contribution in [0.3, 0.4) is 0 Å². The third-order valence-corrected chi connectivity index (χ3v) is 1.71. The van der Waals surface area contributed by atoms with Crippen molar-refractivity contribution >= 4 is 16.8 Å². The van der Waals surface area contributed by atoms with Gasteiger partial charge in [-0.05, 0) is 11.6 Å². The fourth-order valence-corrected chi connectivity index (χ4v) is 1.09. The monoisotopic (exact) mass is 234 g/mol. The lowest BCUT2D eigenvalue weighted by Crippen LogP contribution is -2.05. The molecule has 0 saturated carbocycles. The van der Waals surface area contributed by atoms with Gasteiger partial charge in [-0.3, -0.25) is 4.79 Å². The molecule has 0 aliphatic rings. The molecular weight excluding hydrogens is 233 g/mol. The van der Waals surface area contributed by atoms with Gasteiger partial charge < -0.3 is 0 Å². The minimum atomic E-state index is -3.02. The number of carbonyl (C=O) groups is 1. The lowest BCUT2D eigenvalue weighted by atomic mass is 10.2. The summed E-state index contributed by atoms with van der Waals surface area (Å²) in [7, 11) is 0. The van der Waals surface area contributed by atoms with E-state index < -0.39 is 34.4 Å². The van der Waals surface area contributed by atoms with Crippen molar-refractivity contribution in [2.75, 3.05) is 0 Å². The Morgan fingerprint density at radius 3 is 2.60 bits per heavy atom. The predicted molar refractivity (Wildman–Crippen MR) is 44.1 cm³/mol. The Morgan fingerprint density at radius 2 is 2.20 bits per heavy atom. The van der Waals surface area contributed by atoms with Crippen molar-refractivity contribution in [3.05, 3.63) is 28.8 Å². The van der Waals surface area contributed by atoms with Gasteiger partial charge in [0, 0.05) is 6.07 Å². The Labute approximate surface area is 87.1 Å². The fraction of sp³-hybridized carbons (Fsp3) is 0.125. The Kier molecular flexibility index (Phi) is 3.27. The van der Waals surface area contributed by atoms with Gasteiger partial charge in [0.2, 0.25) is 0 Å². The summed E-state index contributed by atoms with van der Waals surface area (Å²) < 4.78 is 37.4. The lowest BCUT2D eigenvalue weighted by Gasteiger charge is -2.03. The second kappa shape index (κ2) is 4.28. The number of alkyl halides is 2. The van der Waals surface area contributed by atoms with Gasteiger partial charge in [-0.15, -0.1) is 0 Å². The van der Waals surface area contributed by atoms with Gasteiger partial charge in [-0.25, -0.2) is 18.2 Å². The van der Waals surface area contributed by atoms with E-state index in [1.165, 1.54) is 6.07 Å². The van der Waals surface area contributed by atoms with E-state index in [0.29, 0.717) is 6.07 Å². The number of hydrogen-bond acceptors (Lipinski definition) is 3. The molecule has 0 unspecified atom stereocenters. The van der Waals surface area contributed by atoms with E-state index in [4.69, 9.17) is 16.9 Å². The highest BCUT2D eigenvalue weighted by atomic mass is 35.5. The predicted octanol–water partition coefficient (Wildman–Crippen LogP) is 2.41. The van der Waals surface area contributed by atoms with E-state index in [-0.39, 0.29) is 0 Å². The summed E-state index contributed by atoms with van der Waals surface area (Å²) in [4.78, 5) is 13.8. The summed E-state index contributed by atoms with van der Waals surface area (Å²) in [5, 5.41) is 7.21. The van der Waals surface area contributed by atoms with Crippen LogP contribution in [0.4, 0.5) is 13.2 Å². The summed E-state index contributed by atoms with van der Waals surface area (Å²) in [5.74, 6) is -1.28. The first-order chi connectivity index (χ1) is 6.97. The number of nitriles is 1. The molecule has 0 aliphatic heterocycles. The molecule has 15 heavy (non-hydrogen) atoms. The Hall–Kier alpha value is -1.61. The molecule has 1 aromatic rings. The molecule has 0 aromatic carbocycles. The second-order valence-corrected chi connectivity index (χ2v) is 2.78. The van der Waals surface area contributed by atoms with Gasteiger partial charge in [-0.2, -0.15) is 5.26 Å². The third-order valence-electron chi connectivity index (χ3n) is 1.52. The average molecular weight is 235 g/mol. The molecule has 1 aromatic heterocycles. The molecule has 0 aliphatic carbocycles. The summed E-state index contributed by atoms with van der Waals surface area (Å²) in [6, 6.07) is 1.70. The maximum absolute atomic E-state index is 13.1. The molecule has 0 saturated heterocycles. The van der Waals surface area contributed by atoms with Gasteiger partial charge >= 0.3 is 0 Å². The molecule has 0 bridgehead atoms. The Balaban J connectivity index is 3.46. The number of halogens is 4. The van der Waals surface area contributed by atoms with Gasteiger partial charge in [-0.1, -0.05) is 0 Å². The number of hydrogen-bond donors (Lipinski definition) is 0. The zero-order valence-corrected chi connectivity index (χ0v) is 7.73. The van der Waals surface area contributed by atoms with Crippen molar-refractivity contribution in [1.29, 1.82) is 5.26 Å². The van der Waals surface area contributed by atoms with Gasteiger partial charge in [0.15, 0.2) is 5.69 Å². The fourth-order valence-electron chi connectivity index (χ4n) is 0.912. The van der Waals surface area contributed by atoms with Crippen LogP contribution in [0.5, 0.6) is 0 Å². The van der Waals surface area contributed by atoms with Crippen molar-refractivity contribution in [3.8, 4) is 6.07 Å². The van der Waals surface area contributed by atoms with E-state index >= 15 is 0 Å². The molecule has 3 nitrogen and oxygen atoms in total. The maximum atomic E-state index is 13.1. The van der Waals surface area contributed by atoms with E-state index in [1.54, 1.807) is 0 Å². The molecule has 0 radical (unpaired) electrons. The second-order valence-electron chi connectivity index (χ2n) is 2.44. The first-order valence-electron chi connectivity index (χ1n) is 3.56. The molecule has 78 valence electrons. The topological polar surface area (TPSA) is 53.8 Å². The largest absolute Gasteiger partial charge is 0.280 e. The van der Waals surface area contributed by atoms with Crippen molar-refractivity contribution < 1.29 is 18.0 Å². The van der Waals surface area contributed by atoms with Crippen LogP contribution < -0.4 is 0 Å².